The van der Waals surface area contributed by atoms with E-state index in [1.807, 2.05) is 0 Å². The Kier molecular flexibility index (Phi) is 3.53. The Balaban J connectivity index is 1.93. The van der Waals surface area contributed by atoms with E-state index < -0.39 is 4.92 Å². The van der Waals surface area contributed by atoms with Crippen LogP contribution < -0.4 is 5.32 Å². The number of anilines is 1. The Bertz CT molecular complexity index is 393. The summed E-state index contributed by atoms with van der Waals surface area (Å²) < 4.78 is 5.28. The lowest BCUT2D eigenvalue weighted by Gasteiger charge is -2.13. The van der Waals surface area contributed by atoms with Crippen LogP contribution in [0.5, 0.6) is 0 Å². The van der Waals surface area contributed by atoms with E-state index in [2.05, 4.69) is 10.3 Å². The summed E-state index contributed by atoms with van der Waals surface area (Å²) in [6.07, 6.45) is 4.61. The lowest BCUT2D eigenvalue weighted by Crippen LogP contribution is -2.17. The molecule has 6 nitrogen and oxygen atoms in total. The Morgan fingerprint density at radius 1 is 1.53 bits per heavy atom. The summed E-state index contributed by atoms with van der Waals surface area (Å²) in [5, 5.41) is 13.7. The van der Waals surface area contributed by atoms with Crippen LogP contribution in [-0.4, -0.2) is 29.2 Å². The number of hydrogen-bond acceptors (Lipinski definition) is 5. The van der Waals surface area contributed by atoms with Crippen molar-refractivity contribution in [2.24, 2.45) is 0 Å². The summed E-state index contributed by atoms with van der Waals surface area (Å²) in [4.78, 5) is 14.0. The zero-order valence-electron chi connectivity index (χ0n) is 9.63. The quantitative estimate of drug-likeness (QED) is 0.639. The van der Waals surface area contributed by atoms with Gasteiger partial charge >= 0.3 is 0 Å². The van der Waals surface area contributed by atoms with E-state index in [4.69, 9.17) is 4.74 Å². The van der Waals surface area contributed by atoms with Crippen molar-refractivity contribution in [2.45, 2.75) is 31.4 Å². The molecule has 2 rings (SSSR count). The lowest BCUT2D eigenvalue weighted by atomic mass is 10.2. The first-order valence-electron chi connectivity index (χ1n) is 5.59. The van der Waals surface area contributed by atoms with Gasteiger partial charge in [-0.15, -0.1) is 0 Å². The zero-order valence-corrected chi connectivity index (χ0v) is 9.63. The molecule has 0 saturated heterocycles. The molecule has 0 aromatic carbocycles. The first kappa shape index (κ1) is 11.8. The van der Waals surface area contributed by atoms with Gasteiger partial charge in [-0.3, -0.25) is 10.1 Å². The first-order chi connectivity index (χ1) is 8.19. The highest BCUT2D eigenvalue weighted by atomic mass is 16.6. The molecule has 1 aromatic rings. The Morgan fingerprint density at radius 3 is 2.88 bits per heavy atom. The summed E-state index contributed by atoms with van der Waals surface area (Å²) in [7, 11) is 1.72. The average molecular weight is 237 g/mol. The topological polar surface area (TPSA) is 77.3 Å². The second kappa shape index (κ2) is 5.09. The average Bonchev–Trinajstić information content (AvgIpc) is 2.77. The van der Waals surface area contributed by atoms with Gasteiger partial charge in [-0.05, 0) is 25.3 Å². The van der Waals surface area contributed by atoms with Crippen molar-refractivity contribution >= 4 is 11.5 Å². The number of methoxy groups -OCH3 is 1. The van der Waals surface area contributed by atoms with Crippen LogP contribution in [0, 0.1) is 10.1 Å². The minimum atomic E-state index is -0.451. The second-order valence-corrected chi connectivity index (χ2v) is 4.17. The summed E-state index contributed by atoms with van der Waals surface area (Å²) in [6, 6.07) is 3.44. The molecular weight excluding hydrogens is 222 g/mol. The molecule has 92 valence electrons. The molecule has 1 saturated carbocycles. The van der Waals surface area contributed by atoms with E-state index >= 15 is 0 Å². The highest BCUT2D eigenvalue weighted by Crippen LogP contribution is 2.24. The number of aromatic nitrogens is 1. The molecule has 6 heteroatoms. The van der Waals surface area contributed by atoms with Gasteiger partial charge in [0, 0.05) is 19.2 Å². The van der Waals surface area contributed by atoms with Crippen LogP contribution in [0.3, 0.4) is 0 Å². The van der Waals surface area contributed by atoms with E-state index in [1.165, 1.54) is 12.3 Å². The highest BCUT2D eigenvalue weighted by molar-refractivity contribution is 5.41. The molecule has 2 atom stereocenters. The molecule has 0 unspecified atom stereocenters. The van der Waals surface area contributed by atoms with E-state index in [0.29, 0.717) is 18.0 Å². The van der Waals surface area contributed by atoms with Crippen LogP contribution in [0.25, 0.3) is 0 Å². The van der Waals surface area contributed by atoms with Crippen molar-refractivity contribution in [2.75, 3.05) is 12.4 Å². The number of pyridine rings is 1. The number of nitrogens with one attached hydrogen (secondary N) is 1. The van der Waals surface area contributed by atoms with Gasteiger partial charge in [-0.25, -0.2) is 4.98 Å². The van der Waals surface area contributed by atoms with Crippen molar-refractivity contribution in [1.82, 2.24) is 4.98 Å². The minimum Gasteiger partial charge on any atom is -0.381 e. The molecule has 1 aliphatic rings. The third kappa shape index (κ3) is 2.91. The van der Waals surface area contributed by atoms with Crippen LogP contribution in [0.15, 0.2) is 18.3 Å². The number of ether oxygens (including phenoxy) is 1. The monoisotopic (exact) mass is 237 g/mol. The highest BCUT2D eigenvalue weighted by Gasteiger charge is 2.24. The molecule has 1 N–H and O–H groups in total. The van der Waals surface area contributed by atoms with E-state index in [9.17, 15) is 10.1 Å². The molecular formula is C11H15N3O3. The maximum atomic E-state index is 10.5. The number of nitrogens with zero attached hydrogens (tertiary/aromatic N) is 2. The molecule has 1 fully saturated rings. The predicted molar refractivity (Wildman–Crippen MR) is 63.0 cm³/mol. The van der Waals surface area contributed by atoms with Crippen LogP contribution in [0.2, 0.25) is 0 Å². The fourth-order valence-corrected chi connectivity index (χ4v) is 2.07. The van der Waals surface area contributed by atoms with Gasteiger partial charge in [-0.1, -0.05) is 0 Å². The molecule has 17 heavy (non-hydrogen) atoms. The van der Waals surface area contributed by atoms with Gasteiger partial charge in [0.05, 0.1) is 11.0 Å². The molecule has 1 aromatic heterocycles. The normalized spacial score (nSPS) is 23.6. The van der Waals surface area contributed by atoms with Crippen LogP contribution in [0.4, 0.5) is 11.5 Å². The van der Waals surface area contributed by atoms with E-state index in [1.54, 1.807) is 13.2 Å². The lowest BCUT2D eigenvalue weighted by molar-refractivity contribution is -0.385. The number of rotatable bonds is 4. The van der Waals surface area contributed by atoms with Crippen LogP contribution >= 0.6 is 0 Å². The number of nitro groups is 1. The SMILES string of the molecule is CO[C@@H]1CC[C@@H](Nc2ccc([N+](=O)[O-])cn2)C1. The van der Waals surface area contributed by atoms with Gasteiger partial charge in [0.15, 0.2) is 0 Å². The summed E-state index contributed by atoms with van der Waals surface area (Å²) in [6.45, 7) is 0. The van der Waals surface area contributed by atoms with Crippen molar-refractivity contribution in [1.29, 1.82) is 0 Å². The molecule has 1 aliphatic carbocycles. The Hall–Kier alpha value is -1.69. The molecule has 0 amide bonds. The maximum absolute atomic E-state index is 10.5. The molecule has 0 aliphatic heterocycles. The van der Waals surface area contributed by atoms with Gasteiger partial charge in [-0.2, -0.15) is 0 Å². The summed E-state index contributed by atoms with van der Waals surface area (Å²) >= 11 is 0. The van der Waals surface area contributed by atoms with Crippen molar-refractivity contribution < 1.29 is 9.66 Å². The second-order valence-electron chi connectivity index (χ2n) is 4.17. The van der Waals surface area contributed by atoms with Gasteiger partial charge < -0.3 is 10.1 Å². The zero-order chi connectivity index (χ0) is 12.3. The summed E-state index contributed by atoms with van der Waals surface area (Å²) in [5.74, 6) is 0.678. The third-order valence-corrected chi connectivity index (χ3v) is 3.03. The standard InChI is InChI=1S/C11H15N3O3/c1-17-10-4-2-8(6-10)13-11-5-3-9(7-12-11)14(15)16/h3,5,7-8,10H,2,4,6H2,1H3,(H,12,13)/t8-,10-/m1/s1. The fourth-order valence-electron chi connectivity index (χ4n) is 2.07. The molecule has 0 bridgehead atoms. The van der Waals surface area contributed by atoms with Crippen LogP contribution in [-0.2, 0) is 4.74 Å². The van der Waals surface area contributed by atoms with Gasteiger partial charge in [0.2, 0.25) is 0 Å². The summed E-state index contributed by atoms with van der Waals surface area (Å²) in [5.41, 5.74) is 0.0109. The largest absolute Gasteiger partial charge is 0.381 e. The van der Waals surface area contributed by atoms with E-state index in [-0.39, 0.29) is 5.69 Å². The van der Waals surface area contributed by atoms with Crippen LogP contribution in [0.1, 0.15) is 19.3 Å². The van der Waals surface area contributed by atoms with Crippen molar-refractivity contribution in [3.63, 3.8) is 0 Å². The first-order valence-corrected chi connectivity index (χ1v) is 5.59. The fraction of sp³-hybridized carbons (Fsp3) is 0.545. The molecule has 0 radical (unpaired) electrons. The van der Waals surface area contributed by atoms with Gasteiger partial charge in [0.1, 0.15) is 12.0 Å². The minimum absolute atomic E-state index is 0.0109. The molecule has 0 spiro atoms. The van der Waals surface area contributed by atoms with Gasteiger partial charge in [0.25, 0.3) is 5.69 Å². The number of hydrogen-bond donors (Lipinski definition) is 1. The Morgan fingerprint density at radius 2 is 2.35 bits per heavy atom. The predicted octanol–water partition coefficient (Wildman–Crippen LogP) is 1.97. The van der Waals surface area contributed by atoms with Crippen molar-refractivity contribution in [3.8, 4) is 0 Å². The van der Waals surface area contributed by atoms with E-state index in [0.717, 1.165) is 19.3 Å². The Labute approximate surface area is 99.2 Å². The van der Waals surface area contributed by atoms with Crippen molar-refractivity contribution in [3.05, 3.63) is 28.4 Å². The smallest absolute Gasteiger partial charge is 0.287 e. The molecule has 1 heterocycles. The maximum Gasteiger partial charge on any atom is 0.287 e. The third-order valence-electron chi connectivity index (χ3n) is 3.03.